The number of benzene rings is 1. The lowest BCUT2D eigenvalue weighted by atomic mass is 9.92. The number of halogens is 3. The number of alkyl halides is 3. The molecule has 1 aromatic rings. The van der Waals surface area contributed by atoms with Crippen LogP contribution in [0.3, 0.4) is 0 Å². The Morgan fingerprint density at radius 2 is 2.17 bits per heavy atom. The third-order valence-corrected chi connectivity index (χ3v) is 3.50. The number of aliphatic hydroxyl groups is 1. The number of carbonyl (C=O) groups excluding carboxylic acids is 1. The van der Waals surface area contributed by atoms with E-state index in [-0.39, 0.29) is 11.3 Å². The monoisotopic (exact) mass is 331 g/mol. The summed E-state index contributed by atoms with van der Waals surface area (Å²) < 4.78 is 42.8. The number of rotatable bonds is 4. The number of primary amides is 1. The minimum absolute atomic E-state index is 0.146. The van der Waals surface area contributed by atoms with E-state index in [2.05, 4.69) is 10.5 Å². The first-order valence-corrected chi connectivity index (χ1v) is 6.66. The van der Waals surface area contributed by atoms with E-state index in [9.17, 15) is 23.1 Å². The fourth-order valence-corrected chi connectivity index (χ4v) is 2.34. The summed E-state index contributed by atoms with van der Waals surface area (Å²) in [5, 5.41) is 14.0. The van der Waals surface area contributed by atoms with E-state index in [1.54, 1.807) is 0 Å². The highest BCUT2D eigenvalue weighted by atomic mass is 19.4. The van der Waals surface area contributed by atoms with Crippen LogP contribution in [-0.2, 0) is 0 Å². The second-order valence-electron chi connectivity index (χ2n) is 5.53. The van der Waals surface area contributed by atoms with Gasteiger partial charge in [0.1, 0.15) is 11.1 Å². The molecule has 1 amide bonds. The zero-order valence-corrected chi connectivity index (χ0v) is 12.4. The lowest BCUT2D eigenvalue weighted by molar-refractivity contribution is -0.208. The Balaban J connectivity index is 2.50. The average Bonchev–Trinajstić information content (AvgIpc) is 2.44. The minimum Gasteiger partial charge on any atom is -0.494 e. The van der Waals surface area contributed by atoms with Crippen LogP contribution in [0.1, 0.15) is 23.7 Å². The van der Waals surface area contributed by atoms with Gasteiger partial charge in [-0.1, -0.05) is 0 Å². The molecule has 6 nitrogen and oxygen atoms in total. The molecule has 1 aromatic carbocycles. The van der Waals surface area contributed by atoms with Crippen LogP contribution in [0.15, 0.2) is 17.2 Å². The summed E-state index contributed by atoms with van der Waals surface area (Å²) in [6.45, 7) is 1.46. The molecule has 1 aliphatic heterocycles. The van der Waals surface area contributed by atoms with E-state index < -0.39 is 30.1 Å². The molecule has 1 heterocycles. The van der Waals surface area contributed by atoms with Gasteiger partial charge in [0.15, 0.2) is 6.10 Å². The fraction of sp³-hybridized carbons (Fsp3) is 0.429. The van der Waals surface area contributed by atoms with Crippen molar-refractivity contribution >= 4 is 12.0 Å². The Morgan fingerprint density at radius 1 is 1.52 bits per heavy atom. The van der Waals surface area contributed by atoms with Gasteiger partial charge in [0.25, 0.3) is 0 Å². The van der Waals surface area contributed by atoms with E-state index in [1.807, 2.05) is 0 Å². The second kappa shape index (κ2) is 5.73. The van der Waals surface area contributed by atoms with Crippen molar-refractivity contribution in [2.75, 3.05) is 7.11 Å². The van der Waals surface area contributed by atoms with Crippen molar-refractivity contribution in [3.63, 3.8) is 0 Å². The van der Waals surface area contributed by atoms with Gasteiger partial charge in [-0.05, 0) is 25.1 Å². The van der Waals surface area contributed by atoms with Crippen molar-refractivity contribution in [2.24, 2.45) is 10.8 Å². The highest BCUT2D eigenvalue weighted by molar-refractivity contribution is 5.93. The molecule has 4 N–H and O–H groups in total. The second-order valence-corrected chi connectivity index (χ2v) is 5.53. The highest BCUT2D eigenvalue weighted by Gasteiger charge is 2.42. The number of aliphatic hydroxyl groups excluding tert-OH is 1. The number of nitrogens with two attached hydrogens (primary N) is 1. The van der Waals surface area contributed by atoms with Crippen molar-refractivity contribution in [2.45, 2.75) is 31.2 Å². The van der Waals surface area contributed by atoms with E-state index in [0.717, 1.165) is 0 Å². The SMILES string of the molecule is COc1cc(C(N)=O)cc2c1=NNC(C)(CC(O)C(F)(F)F)C=2. The molecule has 23 heavy (non-hydrogen) atoms. The summed E-state index contributed by atoms with van der Waals surface area (Å²) in [5.74, 6) is -0.437. The van der Waals surface area contributed by atoms with Crippen LogP contribution in [0.2, 0.25) is 0 Å². The first kappa shape index (κ1) is 17.1. The zero-order chi connectivity index (χ0) is 17.4. The summed E-state index contributed by atoms with van der Waals surface area (Å²) in [6, 6.07) is 2.82. The predicted molar refractivity (Wildman–Crippen MR) is 75.0 cm³/mol. The molecule has 2 unspecified atom stereocenters. The Kier molecular flexibility index (Phi) is 4.25. The molecule has 0 bridgehead atoms. The lowest BCUT2D eigenvalue weighted by Gasteiger charge is -2.31. The normalized spacial score (nSPS) is 21.3. The average molecular weight is 331 g/mol. The van der Waals surface area contributed by atoms with E-state index in [1.165, 1.54) is 32.2 Å². The molecule has 2 rings (SSSR count). The molecule has 0 spiro atoms. The number of hydrogen-bond acceptors (Lipinski definition) is 5. The molecule has 1 aliphatic rings. The quantitative estimate of drug-likeness (QED) is 0.711. The molecule has 9 heteroatoms. The highest BCUT2D eigenvalue weighted by Crippen LogP contribution is 2.27. The van der Waals surface area contributed by atoms with Crippen LogP contribution >= 0.6 is 0 Å². The standard InChI is InChI=1S/C14H16F3N3O3/c1-13(6-10(21)14(15,16)17)5-8-3-7(12(18)22)4-9(23-2)11(8)19-20-13/h3-5,10,20-21H,6H2,1-2H3,(H2,18,22). The van der Waals surface area contributed by atoms with Crippen LogP contribution in [0.5, 0.6) is 5.75 Å². The third-order valence-electron chi connectivity index (χ3n) is 3.50. The molecule has 0 aromatic heterocycles. The summed E-state index contributed by atoms with van der Waals surface area (Å²) in [6.07, 6.45) is -6.41. The summed E-state index contributed by atoms with van der Waals surface area (Å²) >= 11 is 0. The molecular weight excluding hydrogens is 315 g/mol. The molecule has 0 saturated carbocycles. The summed E-state index contributed by atoms with van der Waals surface area (Å²) in [4.78, 5) is 11.3. The molecule has 0 saturated heterocycles. The van der Waals surface area contributed by atoms with E-state index >= 15 is 0 Å². The number of ether oxygens (including phenoxy) is 1. The van der Waals surface area contributed by atoms with Crippen LogP contribution < -0.4 is 26.5 Å². The van der Waals surface area contributed by atoms with Crippen molar-refractivity contribution in [3.05, 3.63) is 28.3 Å². The number of nitrogens with one attached hydrogen (secondary N) is 1. The van der Waals surface area contributed by atoms with Gasteiger partial charge >= 0.3 is 6.18 Å². The molecule has 0 fully saturated rings. The van der Waals surface area contributed by atoms with Gasteiger partial charge < -0.3 is 15.6 Å². The number of amides is 1. The third kappa shape index (κ3) is 3.55. The maximum Gasteiger partial charge on any atom is 0.414 e. The van der Waals surface area contributed by atoms with Gasteiger partial charge in [-0.15, -0.1) is 0 Å². The maximum absolute atomic E-state index is 12.6. The molecule has 126 valence electrons. The summed E-state index contributed by atoms with van der Waals surface area (Å²) in [5.41, 5.74) is 6.72. The van der Waals surface area contributed by atoms with Gasteiger partial charge in [-0.2, -0.15) is 18.3 Å². The number of fused-ring (bicyclic) bond motifs is 1. The maximum atomic E-state index is 12.6. The van der Waals surface area contributed by atoms with Crippen molar-refractivity contribution in [1.29, 1.82) is 0 Å². The summed E-state index contributed by atoms with van der Waals surface area (Å²) in [7, 11) is 1.37. The van der Waals surface area contributed by atoms with Gasteiger partial charge in [-0.3, -0.25) is 10.2 Å². The van der Waals surface area contributed by atoms with Gasteiger partial charge in [-0.25, -0.2) is 0 Å². The van der Waals surface area contributed by atoms with Crippen molar-refractivity contribution in [1.82, 2.24) is 5.43 Å². The van der Waals surface area contributed by atoms with Gasteiger partial charge in [0.05, 0.1) is 12.6 Å². The number of carbonyl (C=O) groups is 1. The van der Waals surface area contributed by atoms with Crippen LogP contribution in [0.4, 0.5) is 13.2 Å². The first-order chi connectivity index (χ1) is 10.6. The first-order valence-electron chi connectivity index (χ1n) is 6.66. The largest absolute Gasteiger partial charge is 0.494 e. The Hall–Kier alpha value is -2.29. The van der Waals surface area contributed by atoms with Crippen LogP contribution in [0, 0.1) is 0 Å². The number of methoxy groups -OCH3 is 1. The van der Waals surface area contributed by atoms with E-state index in [4.69, 9.17) is 10.5 Å². The topological polar surface area (TPSA) is 96.9 Å². The molecule has 0 radical (unpaired) electrons. The zero-order valence-electron chi connectivity index (χ0n) is 12.4. The Bertz CT molecular complexity index is 748. The lowest BCUT2D eigenvalue weighted by Crippen LogP contribution is -2.51. The van der Waals surface area contributed by atoms with Crippen molar-refractivity contribution < 1.29 is 27.8 Å². The number of nitrogens with zero attached hydrogens (tertiary/aromatic N) is 1. The predicted octanol–water partition coefficient (Wildman–Crippen LogP) is -0.216. The van der Waals surface area contributed by atoms with Gasteiger partial charge in [0.2, 0.25) is 5.91 Å². The molecule has 2 atom stereocenters. The minimum atomic E-state index is -4.73. The fourth-order valence-electron chi connectivity index (χ4n) is 2.34. The smallest absolute Gasteiger partial charge is 0.414 e. The molecular formula is C14H16F3N3O3. The van der Waals surface area contributed by atoms with Crippen molar-refractivity contribution in [3.8, 4) is 5.75 Å². The Labute approximate surface area is 129 Å². The van der Waals surface area contributed by atoms with Crippen LogP contribution in [0.25, 0.3) is 6.08 Å². The van der Waals surface area contributed by atoms with Gasteiger partial charge in [0, 0.05) is 17.2 Å². The Morgan fingerprint density at radius 3 is 2.70 bits per heavy atom. The van der Waals surface area contributed by atoms with E-state index in [0.29, 0.717) is 10.6 Å². The van der Waals surface area contributed by atoms with Crippen LogP contribution in [-0.4, -0.2) is 35.9 Å². The molecule has 0 aliphatic carbocycles. The number of hydrogen-bond donors (Lipinski definition) is 3.